The Morgan fingerprint density at radius 2 is 1.84 bits per heavy atom. The maximum atomic E-state index is 12.2. The lowest BCUT2D eigenvalue weighted by Gasteiger charge is -2.18. The van der Waals surface area contributed by atoms with Crippen LogP contribution < -0.4 is 4.74 Å². The molecule has 1 rings (SSSR count). The number of thioether (sulfide) groups is 1. The van der Waals surface area contributed by atoms with Gasteiger partial charge in [-0.25, -0.2) is 0 Å². The molecular weight excluding hydrogens is 324 g/mol. The highest BCUT2D eigenvalue weighted by atomic mass is 35.5. The fourth-order valence-electron chi connectivity index (χ4n) is 1.26. The van der Waals surface area contributed by atoms with Gasteiger partial charge >= 0.3 is 5.51 Å². The molecule has 0 radical (unpaired) electrons. The highest BCUT2D eigenvalue weighted by molar-refractivity contribution is 8.00. The van der Waals surface area contributed by atoms with E-state index in [2.05, 4.69) is 0 Å². The Morgan fingerprint density at radius 3 is 2.21 bits per heavy atom. The van der Waals surface area contributed by atoms with Crippen LogP contribution in [0.5, 0.6) is 5.75 Å². The third-order valence-electron chi connectivity index (χ3n) is 2.15. The van der Waals surface area contributed by atoms with Crippen molar-refractivity contribution in [2.24, 2.45) is 0 Å². The summed E-state index contributed by atoms with van der Waals surface area (Å²) in [4.78, 5) is -0.119. The van der Waals surface area contributed by atoms with Crippen LogP contribution in [0, 0.1) is 0 Å². The molecule has 0 aliphatic heterocycles. The lowest BCUT2D eigenvalue weighted by Crippen LogP contribution is -2.20. The van der Waals surface area contributed by atoms with E-state index in [-0.39, 0.29) is 39.1 Å². The van der Waals surface area contributed by atoms with E-state index in [0.29, 0.717) is 6.42 Å². The zero-order valence-corrected chi connectivity index (χ0v) is 12.1. The van der Waals surface area contributed by atoms with Crippen molar-refractivity contribution in [3.63, 3.8) is 0 Å². The zero-order valence-electron chi connectivity index (χ0n) is 9.80. The van der Waals surface area contributed by atoms with Crippen LogP contribution in [0.25, 0.3) is 0 Å². The molecule has 0 spiro atoms. The van der Waals surface area contributed by atoms with Crippen molar-refractivity contribution in [2.45, 2.75) is 29.9 Å². The quantitative estimate of drug-likeness (QED) is 0.787. The molecule has 0 amide bonds. The fourth-order valence-corrected chi connectivity index (χ4v) is 2.58. The molecule has 1 aromatic carbocycles. The molecule has 0 aromatic heterocycles. The van der Waals surface area contributed by atoms with Crippen molar-refractivity contribution in [3.05, 3.63) is 22.2 Å². The van der Waals surface area contributed by atoms with Crippen LogP contribution in [0.15, 0.2) is 17.0 Å². The van der Waals surface area contributed by atoms with E-state index < -0.39 is 11.6 Å². The minimum atomic E-state index is -4.41. The number of aliphatic hydroxyl groups excluding tert-OH is 1. The number of rotatable bonds is 5. The highest BCUT2D eigenvalue weighted by Gasteiger charge is 2.30. The molecule has 0 aliphatic carbocycles. The Hall–Kier alpha value is -0.300. The first-order valence-corrected chi connectivity index (χ1v) is 6.86. The minimum absolute atomic E-state index is 0.0221. The molecule has 0 aliphatic rings. The van der Waals surface area contributed by atoms with Gasteiger partial charge < -0.3 is 9.84 Å². The average Bonchev–Trinajstić information content (AvgIpc) is 2.26. The van der Waals surface area contributed by atoms with Crippen LogP contribution in [0.2, 0.25) is 10.0 Å². The summed E-state index contributed by atoms with van der Waals surface area (Å²) < 4.78 is 42.1. The number of ether oxygens (including phenoxy) is 1. The summed E-state index contributed by atoms with van der Waals surface area (Å²) in [5, 5.41) is 8.97. The summed E-state index contributed by atoms with van der Waals surface area (Å²) in [7, 11) is 0. The topological polar surface area (TPSA) is 29.5 Å². The Morgan fingerprint density at radius 1 is 1.32 bits per heavy atom. The van der Waals surface area contributed by atoms with Gasteiger partial charge in [-0.2, -0.15) is 13.2 Å². The number of hydrogen-bond acceptors (Lipinski definition) is 3. The average molecular weight is 335 g/mol. The predicted molar refractivity (Wildman–Crippen MR) is 70.2 cm³/mol. The van der Waals surface area contributed by atoms with Crippen LogP contribution in [-0.2, 0) is 0 Å². The van der Waals surface area contributed by atoms with Gasteiger partial charge in [-0.1, -0.05) is 30.1 Å². The molecule has 0 bridgehead atoms. The van der Waals surface area contributed by atoms with E-state index in [1.807, 2.05) is 0 Å². The molecule has 1 unspecified atom stereocenters. The molecule has 1 N–H and O–H groups in total. The van der Waals surface area contributed by atoms with Gasteiger partial charge in [0.1, 0.15) is 6.10 Å². The molecule has 0 fully saturated rings. The number of alkyl halides is 3. The molecule has 8 heteroatoms. The summed E-state index contributed by atoms with van der Waals surface area (Å²) >= 11 is 11.4. The molecule has 1 aromatic rings. The Labute approximate surface area is 122 Å². The predicted octanol–water partition coefficient (Wildman–Crippen LogP) is 4.76. The molecule has 108 valence electrons. The van der Waals surface area contributed by atoms with Crippen molar-refractivity contribution < 1.29 is 23.0 Å². The normalized spacial score (nSPS) is 13.4. The largest absolute Gasteiger partial charge is 0.485 e. The minimum Gasteiger partial charge on any atom is -0.485 e. The van der Waals surface area contributed by atoms with Gasteiger partial charge in [0.05, 0.1) is 16.7 Å². The second kappa shape index (κ2) is 6.92. The van der Waals surface area contributed by atoms with E-state index in [4.69, 9.17) is 33.0 Å². The van der Waals surface area contributed by atoms with Crippen LogP contribution >= 0.6 is 35.0 Å². The number of halogens is 5. The van der Waals surface area contributed by atoms with Gasteiger partial charge in [-0.3, -0.25) is 0 Å². The summed E-state index contributed by atoms with van der Waals surface area (Å²) in [6.45, 7) is 1.55. The van der Waals surface area contributed by atoms with E-state index >= 15 is 0 Å². The van der Waals surface area contributed by atoms with Crippen LogP contribution in [0.1, 0.15) is 13.3 Å². The van der Waals surface area contributed by atoms with Crippen molar-refractivity contribution in [3.8, 4) is 5.75 Å². The molecule has 19 heavy (non-hydrogen) atoms. The van der Waals surface area contributed by atoms with Crippen LogP contribution in [0.3, 0.4) is 0 Å². The third-order valence-corrected chi connectivity index (χ3v) is 3.41. The second-order valence-electron chi connectivity index (χ2n) is 3.59. The van der Waals surface area contributed by atoms with Crippen molar-refractivity contribution in [1.82, 2.24) is 0 Å². The summed E-state index contributed by atoms with van der Waals surface area (Å²) in [5.74, 6) is 0.0794. The van der Waals surface area contributed by atoms with Gasteiger partial charge in [0, 0.05) is 4.90 Å². The lowest BCUT2D eigenvalue weighted by molar-refractivity contribution is -0.0328. The molecule has 1 atom stereocenters. The third kappa shape index (κ3) is 5.30. The molecule has 2 nitrogen and oxygen atoms in total. The van der Waals surface area contributed by atoms with Crippen LogP contribution in [0.4, 0.5) is 13.2 Å². The molecule has 0 saturated carbocycles. The van der Waals surface area contributed by atoms with E-state index in [0.717, 1.165) is 12.1 Å². The van der Waals surface area contributed by atoms with E-state index in [1.54, 1.807) is 6.92 Å². The highest BCUT2D eigenvalue weighted by Crippen LogP contribution is 2.43. The molecule has 0 heterocycles. The lowest BCUT2D eigenvalue weighted by atomic mass is 10.3. The second-order valence-corrected chi connectivity index (χ2v) is 5.55. The Kier molecular flexibility index (Phi) is 6.11. The number of hydrogen-bond donors (Lipinski definition) is 1. The monoisotopic (exact) mass is 334 g/mol. The first-order chi connectivity index (χ1) is 8.76. The van der Waals surface area contributed by atoms with Crippen molar-refractivity contribution in [2.75, 3.05) is 6.61 Å². The number of aliphatic hydroxyl groups is 1. The summed E-state index contributed by atoms with van der Waals surface area (Å²) in [6.07, 6.45) is 0.0125. The van der Waals surface area contributed by atoms with Gasteiger partial charge in [-0.05, 0) is 30.3 Å². The van der Waals surface area contributed by atoms with Gasteiger partial charge in [0.15, 0.2) is 5.75 Å². The van der Waals surface area contributed by atoms with Gasteiger partial charge in [0.2, 0.25) is 0 Å². The van der Waals surface area contributed by atoms with Gasteiger partial charge in [0.25, 0.3) is 0 Å². The van der Waals surface area contributed by atoms with E-state index in [9.17, 15) is 13.2 Å². The maximum absolute atomic E-state index is 12.2. The Bertz CT molecular complexity index is 413. The summed E-state index contributed by atoms with van der Waals surface area (Å²) in [6, 6.07) is 2.26. The molecule has 0 saturated heterocycles. The molecular formula is C11H11Cl2F3O2S. The maximum Gasteiger partial charge on any atom is 0.446 e. The fraction of sp³-hybridized carbons (Fsp3) is 0.455. The van der Waals surface area contributed by atoms with Crippen molar-refractivity contribution in [1.29, 1.82) is 0 Å². The smallest absolute Gasteiger partial charge is 0.446 e. The van der Waals surface area contributed by atoms with Crippen LogP contribution in [-0.4, -0.2) is 23.3 Å². The van der Waals surface area contributed by atoms with Gasteiger partial charge in [-0.15, -0.1) is 0 Å². The van der Waals surface area contributed by atoms with Crippen molar-refractivity contribution >= 4 is 35.0 Å². The standard InChI is InChI=1S/C11H11Cl2F3O2S/c1-2-6(5-17)18-10-8(12)3-7(4-9(10)13)19-11(14,15)16/h3-4,6,17H,2,5H2,1H3. The first-order valence-electron chi connectivity index (χ1n) is 5.29. The Balaban J connectivity index is 2.97. The van der Waals surface area contributed by atoms with E-state index in [1.165, 1.54) is 0 Å². The number of benzene rings is 1. The summed E-state index contributed by atoms with van der Waals surface area (Å²) in [5.41, 5.74) is -4.41. The zero-order chi connectivity index (χ0) is 14.6. The SMILES string of the molecule is CCC(CO)Oc1c(Cl)cc(SC(F)(F)F)cc1Cl. The first kappa shape index (κ1) is 16.8.